The van der Waals surface area contributed by atoms with Crippen LogP contribution in [0.25, 0.3) is 0 Å². The third kappa shape index (κ3) is 4.50. The van der Waals surface area contributed by atoms with Crippen molar-refractivity contribution in [2.24, 2.45) is 0 Å². The van der Waals surface area contributed by atoms with Crippen molar-refractivity contribution in [3.63, 3.8) is 0 Å². The quantitative estimate of drug-likeness (QED) is 0.886. The van der Waals surface area contributed by atoms with Gasteiger partial charge in [-0.25, -0.2) is 9.97 Å². The van der Waals surface area contributed by atoms with Crippen molar-refractivity contribution >= 4 is 0 Å². The average Bonchev–Trinajstić information content (AvgIpc) is 2.61. The standard InChI is InChI=1S/C18H23N3O2/c22-9-10-23-17-5-1-3-15(11-17)12-21-8-2-4-16(13-21)18-6-7-19-14-20-18/h1,3,5-7,11,14,16,22H,2,4,8-10,12-13H2/t16-/m1/s1. The minimum atomic E-state index is 0.0387. The van der Waals surface area contributed by atoms with Crippen LogP contribution in [0.1, 0.15) is 30.0 Å². The number of aromatic nitrogens is 2. The molecule has 1 fully saturated rings. The topological polar surface area (TPSA) is 58.5 Å². The molecule has 1 saturated heterocycles. The van der Waals surface area contributed by atoms with E-state index in [4.69, 9.17) is 9.84 Å². The Labute approximate surface area is 137 Å². The van der Waals surface area contributed by atoms with Crippen molar-refractivity contribution in [3.8, 4) is 5.75 Å². The number of rotatable bonds is 6. The second-order valence-electron chi connectivity index (χ2n) is 5.93. The minimum absolute atomic E-state index is 0.0387. The Morgan fingerprint density at radius 3 is 3.09 bits per heavy atom. The minimum Gasteiger partial charge on any atom is -0.491 e. The second kappa shape index (κ2) is 8.04. The molecule has 0 radical (unpaired) electrons. The van der Waals surface area contributed by atoms with Crippen LogP contribution in [0.5, 0.6) is 5.75 Å². The zero-order valence-corrected chi connectivity index (χ0v) is 13.3. The number of aliphatic hydroxyl groups is 1. The highest BCUT2D eigenvalue weighted by atomic mass is 16.5. The van der Waals surface area contributed by atoms with E-state index < -0.39 is 0 Å². The number of piperidine rings is 1. The van der Waals surface area contributed by atoms with Crippen LogP contribution in [0.4, 0.5) is 0 Å². The lowest BCUT2D eigenvalue weighted by Crippen LogP contribution is -2.34. The van der Waals surface area contributed by atoms with E-state index >= 15 is 0 Å². The van der Waals surface area contributed by atoms with Crippen LogP contribution in [-0.4, -0.2) is 46.3 Å². The summed E-state index contributed by atoms with van der Waals surface area (Å²) in [7, 11) is 0. The molecule has 23 heavy (non-hydrogen) atoms. The van der Waals surface area contributed by atoms with Crippen LogP contribution in [0.3, 0.4) is 0 Å². The van der Waals surface area contributed by atoms with E-state index in [1.807, 2.05) is 24.4 Å². The molecule has 122 valence electrons. The van der Waals surface area contributed by atoms with Gasteiger partial charge in [0.2, 0.25) is 0 Å². The SMILES string of the molecule is OCCOc1cccc(CN2CCC[C@@H](c3ccncn3)C2)c1. The van der Waals surface area contributed by atoms with Gasteiger partial charge in [-0.05, 0) is 43.1 Å². The lowest BCUT2D eigenvalue weighted by atomic mass is 9.94. The molecule has 1 N–H and O–H groups in total. The Hall–Kier alpha value is -1.98. The first-order valence-electron chi connectivity index (χ1n) is 8.16. The summed E-state index contributed by atoms with van der Waals surface area (Å²) in [6.45, 7) is 3.43. The number of ether oxygens (including phenoxy) is 1. The molecule has 0 aliphatic carbocycles. The molecule has 1 aromatic carbocycles. The van der Waals surface area contributed by atoms with Crippen molar-refractivity contribution in [2.75, 3.05) is 26.3 Å². The maximum atomic E-state index is 8.85. The number of benzene rings is 1. The molecule has 1 aromatic heterocycles. The van der Waals surface area contributed by atoms with Crippen molar-refractivity contribution in [1.29, 1.82) is 0 Å². The predicted octanol–water partition coefficient (Wildman–Crippen LogP) is 2.23. The maximum absolute atomic E-state index is 8.85. The summed E-state index contributed by atoms with van der Waals surface area (Å²) in [6, 6.07) is 10.1. The summed E-state index contributed by atoms with van der Waals surface area (Å²) >= 11 is 0. The summed E-state index contributed by atoms with van der Waals surface area (Å²) in [4.78, 5) is 10.9. The van der Waals surface area contributed by atoms with Crippen molar-refractivity contribution in [1.82, 2.24) is 14.9 Å². The van der Waals surface area contributed by atoms with Crippen LogP contribution < -0.4 is 4.74 Å². The van der Waals surface area contributed by atoms with Crippen LogP contribution in [0, 0.1) is 0 Å². The van der Waals surface area contributed by atoms with Gasteiger partial charge in [0.05, 0.1) is 6.61 Å². The number of likely N-dealkylation sites (tertiary alicyclic amines) is 1. The first-order valence-corrected chi connectivity index (χ1v) is 8.16. The molecule has 5 nitrogen and oxygen atoms in total. The summed E-state index contributed by atoms with van der Waals surface area (Å²) in [5, 5.41) is 8.85. The molecule has 1 aliphatic heterocycles. The second-order valence-corrected chi connectivity index (χ2v) is 5.93. The van der Waals surface area contributed by atoms with E-state index in [2.05, 4.69) is 27.0 Å². The molecular weight excluding hydrogens is 290 g/mol. The number of hydrogen-bond acceptors (Lipinski definition) is 5. The van der Waals surface area contributed by atoms with Crippen LogP contribution >= 0.6 is 0 Å². The molecule has 2 aromatic rings. The Kier molecular flexibility index (Phi) is 5.56. The van der Waals surface area contributed by atoms with Crippen LogP contribution in [0.15, 0.2) is 42.9 Å². The number of nitrogens with zero attached hydrogens (tertiary/aromatic N) is 3. The van der Waals surface area contributed by atoms with Gasteiger partial charge < -0.3 is 9.84 Å². The molecular formula is C18H23N3O2. The van der Waals surface area contributed by atoms with Crippen molar-refractivity contribution < 1.29 is 9.84 Å². The highest BCUT2D eigenvalue weighted by Gasteiger charge is 2.22. The van der Waals surface area contributed by atoms with E-state index in [1.54, 1.807) is 6.33 Å². The first-order chi connectivity index (χ1) is 11.3. The summed E-state index contributed by atoms with van der Waals surface area (Å²) < 4.78 is 5.49. The zero-order chi connectivity index (χ0) is 15.9. The summed E-state index contributed by atoms with van der Waals surface area (Å²) in [6.07, 6.45) is 5.84. The van der Waals surface area contributed by atoms with E-state index in [-0.39, 0.29) is 6.61 Å². The number of hydrogen-bond donors (Lipinski definition) is 1. The molecule has 0 saturated carbocycles. The molecule has 0 spiro atoms. The molecule has 2 heterocycles. The Balaban J connectivity index is 1.61. The largest absolute Gasteiger partial charge is 0.491 e. The molecule has 1 atom stereocenters. The van der Waals surface area contributed by atoms with Gasteiger partial charge in [0.25, 0.3) is 0 Å². The molecule has 0 bridgehead atoms. The molecule has 5 heteroatoms. The van der Waals surface area contributed by atoms with Gasteiger partial charge in [-0.2, -0.15) is 0 Å². The predicted molar refractivity (Wildman–Crippen MR) is 88.3 cm³/mol. The maximum Gasteiger partial charge on any atom is 0.119 e. The highest BCUT2D eigenvalue weighted by molar-refractivity contribution is 5.28. The Bertz CT molecular complexity index is 606. The smallest absolute Gasteiger partial charge is 0.119 e. The van der Waals surface area contributed by atoms with Gasteiger partial charge in [-0.1, -0.05) is 12.1 Å². The van der Waals surface area contributed by atoms with Crippen molar-refractivity contribution in [3.05, 3.63) is 54.1 Å². The van der Waals surface area contributed by atoms with E-state index in [0.717, 1.165) is 31.1 Å². The average molecular weight is 313 g/mol. The third-order valence-electron chi connectivity index (χ3n) is 4.19. The molecule has 0 unspecified atom stereocenters. The molecule has 0 amide bonds. The molecule has 1 aliphatic rings. The zero-order valence-electron chi connectivity index (χ0n) is 13.3. The van der Waals surface area contributed by atoms with E-state index in [0.29, 0.717) is 12.5 Å². The van der Waals surface area contributed by atoms with Gasteiger partial charge in [-0.3, -0.25) is 4.90 Å². The van der Waals surface area contributed by atoms with Gasteiger partial charge in [0.1, 0.15) is 18.7 Å². The normalized spacial score (nSPS) is 18.7. The van der Waals surface area contributed by atoms with Crippen molar-refractivity contribution in [2.45, 2.75) is 25.3 Å². The van der Waals surface area contributed by atoms with E-state index in [1.165, 1.54) is 18.4 Å². The van der Waals surface area contributed by atoms with Gasteiger partial charge in [0.15, 0.2) is 0 Å². The van der Waals surface area contributed by atoms with Crippen LogP contribution in [-0.2, 0) is 6.54 Å². The van der Waals surface area contributed by atoms with Gasteiger partial charge in [0, 0.05) is 30.9 Å². The molecule has 3 rings (SSSR count). The first kappa shape index (κ1) is 15.9. The lowest BCUT2D eigenvalue weighted by Gasteiger charge is -2.32. The monoisotopic (exact) mass is 313 g/mol. The highest BCUT2D eigenvalue weighted by Crippen LogP contribution is 2.26. The summed E-state index contributed by atoms with van der Waals surface area (Å²) in [5.74, 6) is 1.31. The Morgan fingerprint density at radius 1 is 1.30 bits per heavy atom. The fraction of sp³-hybridized carbons (Fsp3) is 0.444. The fourth-order valence-corrected chi connectivity index (χ4v) is 3.14. The fourth-order valence-electron chi connectivity index (χ4n) is 3.14. The Morgan fingerprint density at radius 2 is 2.26 bits per heavy atom. The third-order valence-corrected chi connectivity index (χ3v) is 4.19. The number of aliphatic hydroxyl groups excluding tert-OH is 1. The van der Waals surface area contributed by atoms with Gasteiger partial charge >= 0.3 is 0 Å². The summed E-state index contributed by atoms with van der Waals surface area (Å²) in [5.41, 5.74) is 2.38. The van der Waals surface area contributed by atoms with Gasteiger partial charge in [-0.15, -0.1) is 0 Å². The lowest BCUT2D eigenvalue weighted by molar-refractivity contribution is 0.195. The van der Waals surface area contributed by atoms with Crippen LogP contribution in [0.2, 0.25) is 0 Å². The van der Waals surface area contributed by atoms with E-state index in [9.17, 15) is 0 Å².